The molecule has 0 bridgehead atoms. The normalized spacial score (nSPS) is 15.1. The van der Waals surface area contributed by atoms with Crippen LogP contribution >= 0.6 is 0 Å². The number of hydrogen-bond donors (Lipinski definition) is 2. The fourth-order valence-corrected chi connectivity index (χ4v) is 3.69. The maximum atomic E-state index is 12.4. The number of aromatic nitrogens is 2. The zero-order valence-electron chi connectivity index (χ0n) is 12.4. The van der Waals surface area contributed by atoms with E-state index in [9.17, 15) is 13.5 Å². The van der Waals surface area contributed by atoms with Crippen LogP contribution < -0.4 is 4.72 Å². The highest BCUT2D eigenvalue weighted by molar-refractivity contribution is 7.89. The minimum Gasteiger partial charge on any atom is -0.466 e. The molecule has 2 N–H and O–H groups in total. The van der Waals surface area contributed by atoms with Crippen molar-refractivity contribution < 1.29 is 17.9 Å². The molecule has 7 nitrogen and oxygen atoms in total. The summed E-state index contributed by atoms with van der Waals surface area (Å²) in [5.74, 6) is 0.296. The lowest BCUT2D eigenvalue weighted by atomic mass is 10.1. The predicted octanol–water partition coefficient (Wildman–Crippen LogP) is 0.816. The van der Waals surface area contributed by atoms with E-state index in [0.29, 0.717) is 17.1 Å². The molecule has 0 spiro atoms. The summed E-state index contributed by atoms with van der Waals surface area (Å²) < 4.78 is 33.8. The standard InChI is InChI=1S/C13H19N3O4S/c1-9-12(10(2)16(4)15-9)21(18,19)14-8-13(3,17)11-6-5-7-20-11/h5-7,14,17H,8H2,1-4H3. The Balaban J connectivity index is 2.23. The number of furan rings is 1. The van der Waals surface area contributed by atoms with Crippen molar-refractivity contribution in [2.45, 2.75) is 31.3 Å². The summed E-state index contributed by atoms with van der Waals surface area (Å²) in [6, 6.07) is 3.22. The molecule has 1 unspecified atom stereocenters. The average molecular weight is 313 g/mol. The van der Waals surface area contributed by atoms with Gasteiger partial charge in [-0.15, -0.1) is 0 Å². The summed E-state index contributed by atoms with van der Waals surface area (Å²) in [4.78, 5) is 0.139. The second-order valence-corrected chi connectivity index (χ2v) is 6.90. The molecule has 0 aromatic carbocycles. The summed E-state index contributed by atoms with van der Waals surface area (Å²) >= 11 is 0. The van der Waals surface area contributed by atoms with Gasteiger partial charge in [-0.1, -0.05) is 0 Å². The van der Waals surface area contributed by atoms with E-state index in [1.54, 1.807) is 33.0 Å². The molecule has 2 heterocycles. The Bertz CT molecular complexity index is 730. The van der Waals surface area contributed by atoms with E-state index in [1.807, 2.05) is 0 Å². The summed E-state index contributed by atoms with van der Waals surface area (Å²) in [6.07, 6.45) is 1.42. The molecule has 0 saturated carbocycles. The second-order valence-electron chi connectivity index (χ2n) is 5.20. The Morgan fingerprint density at radius 2 is 2.14 bits per heavy atom. The van der Waals surface area contributed by atoms with Gasteiger partial charge in [0.2, 0.25) is 10.0 Å². The van der Waals surface area contributed by atoms with Gasteiger partial charge in [0.25, 0.3) is 0 Å². The minimum absolute atomic E-state index is 0.139. The third-order valence-electron chi connectivity index (χ3n) is 3.37. The maximum Gasteiger partial charge on any atom is 0.244 e. The zero-order valence-corrected chi connectivity index (χ0v) is 13.2. The lowest BCUT2D eigenvalue weighted by Crippen LogP contribution is -2.38. The predicted molar refractivity (Wildman–Crippen MR) is 76.1 cm³/mol. The lowest BCUT2D eigenvalue weighted by molar-refractivity contribution is 0.0395. The Hall–Kier alpha value is -1.64. The Morgan fingerprint density at radius 3 is 2.62 bits per heavy atom. The number of rotatable bonds is 5. The van der Waals surface area contributed by atoms with Gasteiger partial charge in [-0.2, -0.15) is 5.10 Å². The van der Waals surface area contributed by atoms with Crippen LogP contribution in [-0.2, 0) is 22.7 Å². The van der Waals surface area contributed by atoms with Gasteiger partial charge in [-0.3, -0.25) is 4.68 Å². The van der Waals surface area contributed by atoms with Crippen LogP contribution in [0.1, 0.15) is 24.1 Å². The van der Waals surface area contributed by atoms with E-state index in [2.05, 4.69) is 9.82 Å². The topological polar surface area (TPSA) is 97.4 Å². The van der Waals surface area contributed by atoms with E-state index < -0.39 is 15.6 Å². The Morgan fingerprint density at radius 1 is 1.48 bits per heavy atom. The molecule has 0 aliphatic carbocycles. The molecule has 0 fully saturated rings. The van der Waals surface area contributed by atoms with Gasteiger partial charge in [-0.05, 0) is 32.9 Å². The molecule has 21 heavy (non-hydrogen) atoms. The minimum atomic E-state index is -3.76. The molecule has 2 aromatic rings. The fourth-order valence-electron chi connectivity index (χ4n) is 2.12. The third-order valence-corrected chi connectivity index (χ3v) is 5.02. The van der Waals surface area contributed by atoms with Crippen molar-refractivity contribution in [3.8, 4) is 0 Å². The molecule has 2 aromatic heterocycles. The highest BCUT2D eigenvalue weighted by atomic mass is 32.2. The van der Waals surface area contributed by atoms with Gasteiger partial charge < -0.3 is 9.52 Å². The molecule has 116 valence electrons. The van der Waals surface area contributed by atoms with Crippen LogP contribution in [0.4, 0.5) is 0 Å². The molecule has 0 aliphatic heterocycles. The zero-order chi connectivity index (χ0) is 15.8. The van der Waals surface area contributed by atoms with Gasteiger partial charge in [0.15, 0.2) is 0 Å². The van der Waals surface area contributed by atoms with Crippen LogP contribution in [0.5, 0.6) is 0 Å². The first kappa shape index (κ1) is 15.7. The highest BCUT2D eigenvalue weighted by Crippen LogP contribution is 2.22. The van der Waals surface area contributed by atoms with E-state index in [1.165, 1.54) is 17.9 Å². The lowest BCUT2D eigenvalue weighted by Gasteiger charge is -2.21. The molecule has 8 heteroatoms. The first-order chi connectivity index (χ1) is 9.65. The first-order valence-electron chi connectivity index (χ1n) is 6.41. The van der Waals surface area contributed by atoms with Crippen molar-refractivity contribution in [3.05, 3.63) is 35.5 Å². The van der Waals surface area contributed by atoms with Gasteiger partial charge in [-0.25, -0.2) is 13.1 Å². The number of aliphatic hydroxyl groups is 1. The quantitative estimate of drug-likeness (QED) is 0.851. The SMILES string of the molecule is Cc1nn(C)c(C)c1S(=O)(=O)NCC(C)(O)c1ccco1. The number of nitrogens with one attached hydrogen (secondary N) is 1. The van der Waals surface area contributed by atoms with Crippen molar-refractivity contribution in [1.29, 1.82) is 0 Å². The van der Waals surface area contributed by atoms with E-state index >= 15 is 0 Å². The van der Waals surface area contributed by atoms with E-state index in [-0.39, 0.29) is 11.4 Å². The summed E-state index contributed by atoms with van der Waals surface area (Å²) in [5, 5.41) is 14.4. The summed E-state index contributed by atoms with van der Waals surface area (Å²) in [6.45, 7) is 4.60. The molecule has 0 amide bonds. The van der Waals surface area contributed by atoms with Crippen LogP contribution in [0.2, 0.25) is 0 Å². The van der Waals surface area contributed by atoms with Crippen LogP contribution in [0.25, 0.3) is 0 Å². The van der Waals surface area contributed by atoms with E-state index in [0.717, 1.165) is 0 Å². The number of hydrogen-bond acceptors (Lipinski definition) is 5. The molecule has 0 radical (unpaired) electrons. The fraction of sp³-hybridized carbons (Fsp3) is 0.462. The third kappa shape index (κ3) is 3.02. The average Bonchev–Trinajstić information content (AvgIpc) is 2.98. The first-order valence-corrected chi connectivity index (χ1v) is 7.90. The largest absolute Gasteiger partial charge is 0.466 e. The summed E-state index contributed by atoms with van der Waals surface area (Å²) in [5.41, 5.74) is -0.474. The van der Waals surface area contributed by atoms with Gasteiger partial charge in [0.1, 0.15) is 16.3 Å². The monoisotopic (exact) mass is 313 g/mol. The second kappa shape index (κ2) is 5.28. The number of sulfonamides is 1. The van der Waals surface area contributed by atoms with Gasteiger partial charge in [0.05, 0.1) is 17.7 Å². The number of nitrogens with zero attached hydrogens (tertiary/aromatic N) is 2. The van der Waals surface area contributed by atoms with Crippen LogP contribution in [0.3, 0.4) is 0 Å². The van der Waals surface area contributed by atoms with Crippen molar-refractivity contribution in [3.63, 3.8) is 0 Å². The van der Waals surface area contributed by atoms with Crippen molar-refractivity contribution in [1.82, 2.24) is 14.5 Å². The molecular formula is C13H19N3O4S. The smallest absolute Gasteiger partial charge is 0.244 e. The van der Waals surface area contributed by atoms with Crippen molar-refractivity contribution in [2.24, 2.45) is 7.05 Å². The van der Waals surface area contributed by atoms with Crippen LogP contribution in [-0.4, -0.2) is 29.8 Å². The van der Waals surface area contributed by atoms with Crippen LogP contribution in [0, 0.1) is 13.8 Å². The molecule has 0 saturated heterocycles. The Kier molecular flexibility index (Phi) is 3.96. The van der Waals surface area contributed by atoms with Gasteiger partial charge in [0, 0.05) is 13.6 Å². The number of aryl methyl sites for hydroxylation is 2. The molecule has 0 aliphatic rings. The Labute approximate surface area is 123 Å². The molecule has 1 atom stereocenters. The molecule has 2 rings (SSSR count). The highest BCUT2D eigenvalue weighted by Gasteiger charge is 2.30. The molecular weight excluding hydrogens is 294 g/mol. The van der Waals surface area contributed by atoms with Gasteiger partial charge >= 0.3 is 0 Å². The maximum absolute atomic E-state index is 12.4. The van der Waals surface area contributed by atoms with Crippen molar-refractivity contribution >= 4 is 10.0 Å². The van der Waals surface area contributed by atoms with Crippen LogP contribution in [0.15, 0.2) is 27.7 Å². The summed E-state index contributed by atoms with van der Waals surface area (Å²) in [7, 11) is -2.08. The van der Waals surface area contributed by atoms with Crippen molar-refractivity contribution in [2.75, 3.05) is 6.54 Å². The van der Waals surface area contributed by atoms with E-state index in [4.69, 9.17) is 4.42 Å².